The maximum Gasteiger partial charge on any atom is 0.191 e. The Hall–Kier alpha value is -0.770. The molecular weight excluding hydrogens is 236 g/mol. The van der Waals surface area contributed by atoms with Crippen molar-refractivity contribution >= 4 is 5.96 Å². The topological polar surface area (TPSA) is 39.7 Å². The van der Waals surface area contributed by atoms with Gasteiger partial charge >= 0.3 is 0 Å². The lowest BCUT2D eigenvalue weighted by Gasteiger charge is -2.32. The van der Waals surface area contributed by atoms with Crippen molar-refractivity contribution in [2.24, 2.45) is 10.9 Å². The molecule has 0 aliphatic rings. The second-order valence-corrected chi connectivity index (χ2v) is 5.34. The van der Waals surface area contributed by atoms with E-state index in [2.05, 4.69) is 55.4 Å². The van der Waals surface area contributed by atoms with E-state index in [1.54, 1.807) is 0 Å². The molecule has 0 aromatic heterocycles. The Morgan fingerprint density at radius 1 is 1.11 bits per heavy atom. The molecule has 2 N–H and O–H groups in total. The highest BCUT2D eigenvalue weighted by Gasteiger charge is 2.20. The number of rotatable bonds is 9. The van der Waals surface area contributed by atoms with Gasteiger partial charge in [-0.05, 0) is 26.4 Å². The average Bonchev–Trinajstić information content (AvgIpc) is 2.41. The number of nitrogens with zero attached hydrogens (tertiary/aromatic N) is 2. The predicted molar refractivity (Wildman–Crippen MR) is 85.8 cm³/mol. The fraction of sp³-hybridized carbons (Fsp3) is 0.933. The molecule has 1 unspecified atom stereocenters. The van der Waals surface area contributed by atoms with Crippen LogP contribution in [0.15, 0.2) is 4.99 Å². The molecule has 0 aromatic carbocycles. The molecule has 0 saturated heterocycles. The van der Waals surface area contributed by atoms with E-state index in [9.17, 15) is 0 Å². The summed E-state index contributed by atoms with van der Waals surface area (Å²) < 4.78 is 0. The third-order valence-electron chi connectivity index (χ3n) is 3.78. The standard InChI is InChI=1S/C15H34N4/c1-7-10-11-17-15(16-4)18-12-14(19(5)6)13(8-2)9-3/h13-14H,7-12H2,1-6H3,(H2,16,17,18). The Bertz CT molecular complexity index is 234. The van der Waals surface area contributed by atoms with Crippen LogP contribution in [0.2, 0.25) is 0 Å². The van der Waals surface area contributed by atoms with Crippen LogP contribution in [0.3, 0.4) is 0 Å². The molecule has 0 aromatic rings. The first kappa shape index (κ1) is 18.2. The highest BCUT2D eigenvalue weighted by molar-refractivity contribution is 5.79. The second kappa shape index (κ2) is 11.1. The van der Waals surface area contributed by atoms with Crippen LogP contribution in [0.25, 0.3) is 0 Å². The lowest BCUT2D eigenvalue weighted by Crippen LogP contribution is -2.48. The van der Waals surface area contributed by atoms with E-state index in [1.807, 2.05) is 7.05 Å². The van der Waals surface area contributed by atoms with E-state index in [4.69, 9.17) is 0 Å². The Morgan fingerprint density at radius 2 is 1.74 bits per heavy atom. The average molecular weight is 270 g/mol. The molecule has 0 radical (unpaired) electrons. The molecule has 0 rings (SSSR count). The van der Waals surface area contributed by atoms with Gasteiger partial charge in [0.25, 0.3) is 0 Å². The van der Waals surface area contributed by atoms with Gasteiger partial charge in [0, 0.05) is 26.2 Å². The number of likely N-dealkylation sites (N-methyl/N-ethyl adjacent to an activating group) is 1. The Labute approximate surface area is 120 Å². The number of unbranched alkanes of at least 4 members (excludes halogenated alkanes) is 1. The third kappa shape index (κ3) is 7.41. The van der Waals surface area contributed by atoms with Crippen molar-refractivity contribution in [1.82, 2.24) is 15.5 Å². The van der Waals surface area contributed by atoms with Crippen LogP contribution in [-0.4, -0.2) is 51.1 Å². The normalized spacial score (nSPS) is 14.0. The Balaban J connectivity index is 4.28. The summed E-state index contributed by atoms with van der Waals surface area (Å²) in [6, 6.07) is 0.555. The first-order chi connectivity index (χ1) is 9.10. The van der Waals surface area contributed by atoms with Crippen LogP contribution in [0, 0.1) is 5.92 Å². The van der Waals surface area contributed by atoms with Crippen LogP contribution < -0.4 is 10.6 Å². The first-order valence-electron chi connectivity index (χ1n) is 7.71. The van der Waals surface area contributed by atoms with Gasteiger partial charge in [-0.2, -0.15) is 0 Å². The molecule has 4 nitrogen and oxygen atoms in total. The monoisotopic (exact) mass is 270 g/mol. The number of hydrogen-bond donors (Lipinski definition) is 2. The highest BCUT2D eigenvalue weighted by Crippen LogP contribution is 2.16. The quantitative estimate of drug-likeness (QED) is 0.384. The zero-order valence-electron chi connectivity index (χ0n) is 13.8. The molecule has 4 heteroatoms. The van der Waals surface area contributed by atoms with Crippen molar-refractivity contribution in [3.05, 3.63) is 0 Å². The molecule has 1 atom stereocenters. The molecule has 0 aliphatic heterocycles. The predicted octanol–water partition coefficient (Wildman–Crippen LogP) is 2.32. The molecule has 114 valence electrons. The second-order valence-electron chi connectivity index (χ2n) is 5.34. The van der Waals surface area contributed by atoms with Crippen molar-refractivity contribution in [3.8, 4) is 0 Å². The highest BCUT2D eigenvalue weighted by atomic mass is 15.2. The zero-order valence-corrected chi connectivity index (χ0v) is 13.8. The number of hydrogen-bond acceptors (Lipinski definition) is 2. The van der Waals surface area contributed by atoms with E-state index in [1.165, 1.54) is 25.7 Å². The summed E-state index contributed by atoms with van der Waals surface area (Å²) >= 11 is 0. The molecule has 0 amide bonds. The van der Waals surface area contributed by atoms with Crippen LogP contribution in [-0.2, 0) is 0 Å². The lowest BCUT2D eigenvalue weighted by atomic mass is 9.93. The van der Waals surface area contributed by atoms with Gasteiger partial charge in [-0.15, -0.1) is 0 Å². The Kier molecular flexibility index (Phi) is 10.6. The number of nitrogens with one attached hydrogen (secondary N) is 2. The first-order valence-corrected chi connectivity index (χ1v) is 7.71. The third-order valence-corrected chi connectivity index (χ3v) is 3.78. The summed E-state index contributed by atoms with van der Waals surface area (Å²) in [6.07, 6.45) is 4.84. The summed E-state index contributed by atoms with van der Waals surface area (Å²) in [5, 5.41) is 6.82. The summed E-state index contributed by atoms with van der Waals surface area (Å²) in [6.45, 7) is 8.70. The molecular formula is C15H34N4. The van der Waals surface area contributed by atoms with E-state index >= 15 is 0 Å². The fourth-order valence-corrected chi connectivity index (χ4v) is 2.41. The van der Waals surface area contributed by atoms with Gasteiger partial charge in [-0.3, -0.25) is 4.99 Å². The van der Waals surface area contributed by atoms with Gasteiger partial charge in [0.15, 0.2) is 5.96 Å². The molecule has 0 fully saturated rings. The molecule has 0 bridgehead atoms. The van der Waals surface area contributed by atoms with Crippen molar-refractivity contribution in [2.75, 3.05) is 34.2 Å². The van der Waals surface area contributed by atoms with Crippen molar-refractivity contribution in [2.45, 2.75) is 52.5 Å². The number of aliphatic imine (C=N–C) groups is 1. The maximum absolute atomic E-state index is 4.28. The minimum absolute atomic E-state index is 0.555. The lowest BCUT2D eigenvalue weighted by molar-refractivity contribution is 0.200. The van der Waals surface area contributed by atoms with Crippen molar-refractivity contribution in [1.29, 1.82) is 0 Å². The Morgan fingerprint density at radius 3 is 2.16 bits per heavy atom. The molecule has 0 spiro atoms. The fourth-order valence-electron chi connectivity index (χ4n) is 2.41. The van der Waals surface area contributed by atoms with Gasteiger partial charge in [0.1, 0.15) is 0 Å². The molecule has 0 saturated carbocycles. The van der Waals surface area contributed by atoms with Gasteiger partial charge in [0.05, 0.1) is 0 Å². The van der Waals surface area contributed by atoms with E-state index in [-0.39, 0.29) is 0 Å². The van der Waals surface area contributed by atoms with E-state index in [0.717, 1.165) is 25.0 Å². The van der Waals surface area contributed by atoms with E-state index < -0.39 is 0 Å². The van der Waals surface area contributed by atoms with Crippen LogP contribution in [0.5, 0.6) is 0 Å². The van der Waals surface area contributed by atoms with Gasteiger partial charge in [-0.25, -0.2) is 0 Å². The SMILES string of the molecule is CCCCNC(=NC)NCC(C(CC)CC)N(C)C. The molecule has 19 heavy (non-hydrogen) atoms. The molecule has 0 aliphatic carbocycles. The van der Waals surface area contributed by atoms with E-state index in [0.29, 0.717) is 6.04 Å². The van der Waals surface area contributed by atoms with Crippen molar-refractivity contribution < 1.29 is 0 Å². The van der Waals surface area contributed by atoms with Crippen LogP contribution >= 0.6 is 0 Å². The van der Waals surface area contributed by atoms with Gasteiger partial charge in [-0.1, -0.05) is 40.0 Å². The summed E-state index contributed by atoms with van der Waals surface area (Å²) in [5.41, 5.74) is 0. The largest absolute Gasteiger partial charge is 0.356 e. The summed E-state index contributed by atoms with van der Waals surface area (Å²) in [4.78, 5) is 6.60. The number of guanidine groups is 1. The van der Waals surface area contributed by atoms with Gasteiger partial charge in [0.2, 0.25) is 0 Å². The smallest absolute Gasteiger partial charge is 0.191 e. The summed E-state index contributed by atoms with van der Waals surface area (Å²) in [5.74, 6) is 1.66. The maximum atomic E-state index is 4.28. The van der Waals surface area contributed by atoms with Crippen molar-refractivity contribution in [3.63, 3.8) is 0 Å². The zero-order chi connectivity index (χ0) is 14.7. The summed E-state index contributed by atoms with van der Waals surface area (Å²) in [7, 11) is 6.17. The van der Waals surface area contributed by atoms with Gasteiger partial charge < -0.3 is 15.5 Å². The molecule has 0 heterocycles. The van der Waals surface area contributed by atoms with Crippen LogP contribution in [0.4, 0.5) is 0 Å². The minimum Gasteiger partial charge on any atom is -0.356 e. The minimum atomic E-state index is 0.555. The van der Waals surface area contributed by atoms with Crippen LogP contribution in [0.1, 0.15) is 46.5 Å².